The highest BCUT2D eigenvalue weighted by molar-refractivity contribution is 5.94. The normalized spacial score (nSPS) is 15.4. The molecule has 1 aliphatic rings. The molecule has 1 fully saturated rings. The molecule has 0 bridgehead atoms. The van der Waals surface area contributed by atoms with Gasteiger partial charge >= 0.3 is 0 Å². The molecule has 1 amide bonds. The number of rotatable bonds is 5. The maximum atomic E-state index is 12.8. The monoisotopic (exact) mass is 329 g/mol. The van der Waals surface area contributed by atoms with Crippen LogP contribution in [0.15, 0.2) is 28.7 Å². The standard InChI is InChI=1S/C18H23N3O3/c1-13-19-20-17(24-13)14-7-9-15(10-8-14)18(23)21(11-12-22)16-5-3-2-4-6-16/h7-10,16,22H,2-6,11-12H2,1H3. The highest BCUT2D eigenvalue weighted by Crippen LogP contribution is 2.25. The van der Waals surface area contributed by atoms with Crippen LogP contribution >= 0.6 is 0 Å². The topological polar surface area (TPSA) is 79.5 Å². The van der Waals surface area contributed by atoms with Crippen LogP contribution in [0, 0.1) is 6.92 Å². The van der Waals surface area contributed by atoms with E-state index in [1.807, 2.05) is 17.0 Å². The number of carbonyl (C=O) groups excluding carboxylic acids is 1. The van der Waals surface area contributed by atoms with Crippen molar-refractivity contribution in [3.8, 4) is 11.5 Å². The lowest BCUT2D eigenvalue weighted by molar-refractivity contribution is 0.0585. The first-order valence-electron chi connectivity index (χ1n) is 8.51. The van der Waals surface area contributed by atoms with E-state index in [0.29, 0.717) is 23.9 Å². The summed E-state index contributed by atoms with van der Waals surface area (Å²) >= 11 is 0. The van der Waals surface area contributed by atoms with Gasteiger partial charge in [-0.25, -0.2) is 0 Å². The number of aliphatic hydroxyl groups is 1. The molecule has 1 aliphatic carbocycles. The Morgan fingerprint density at radius 3 is 2.50 bits per heavy atom. The van der Waals surface area contributed by atoms with Crippen LogP contribution in [0.3, 0.4) is 0 Å². The van der Waals surface area contributed by atoms with Crippen molar-refractivity contribution in [3.63, 3.8) is 0 Å². The van der Waals surface area contributed by atoms with Gasteiger partial charge in [0.2, 0.25) is 11.8 Å². The van der Waals surface area contributed by atoms with Crippen molar-refractivity contribution in [3.05, 3.63) is 35.7 Å². The van der Waals surface area contributed by atoms with E-state index in [2.05, 4.69) is 10.2 Å². The summed E-state index contributed by atoms with van der Waals surface area (Å²) in [5.74, 6) is 0.937. The summed E-state index contributed by atoms with van der Waals surface area (Å²) in [7, 11) is 0. The summed E-state index contributed by atoms with van der Waals surface area (Å²) in [6.45, 7) is 2.11. The van der Waals surface area contributed by atoms with Crippen LogP contribution < -0.4 is 0 Å². The number of benzene rings is 1. The lowest BCUT2D eigenvalue weighted by atomic mass is 9.93. The van der Waals surface area contributed by atoms with Gasteiger partial charge in [0.05, 0.1) is 6.61 Å². The predicted octanol–water partition coefficient (Wildman–Crippen LogP) is 2.81. The molecule has 24 heavy (non-hydrogen) atoms. The summed E-state index contributed by atoms with van der Waals surface area (Å²) in [4.78, 5) is 14.7. The van der Waals surface area contributed by atoms with Gasteiger partial charge in [-0.1, -0.05) is 19.3 Å². The summed E-state index contributed by atoms with van der Waals surface area (Å²) < 4.78 is 5.40. The Balaban J connectivity index is 1.76. The van der Waals surface area contributed by atoms with E-state index in [1.54, 1.807) is 19.1 Å². The Hall–Kier alpha value is -2.21. The molecule has 0 radical (unpaired) electrons. The van der Waals surface area contributed by atoms with Crippen LogP contribution in [0.5, 0.6) is 0 Å². The van der Waals surface area contributed by atoms with Crippen molar-refractivity contribution in [2.24, 2.45) is 0 Å². The molecule has 1 saturated carbocycles. The van der Waals surface area contributed by atoms with E-state index in [1.165, 1.54) is 6.42 Å². The summed E-state index contributed by atoms with van der Waals surface area (Å²) in [5, 5.41) is 17.1. The van der Waals surface area contributed by atoms with Gasteiger partial charge in [-0.2, -0.15) is 0 Å². The summed E-state index contributed by atoms with van der Waals surface area (Å²) in [6.07, 6.45) is 5.57. The first kappa shape index (κ1) is 16.6. The molecule has 2 aromatic rings. The molecule has 1 N–H and O–H groups in total. The molecule has 0 aliphatic heterocycles. The number of hydrogen-bond donors (Lipinski definition) is 1. The molecule has 0 saturated heterocycles. The van der Waals surface area contributed by atoms with Gasteiger partial charge in [0.15, 0.2) is 0 Å². The largest absolute Gasteiger partial charge is 0.421 e. The number of aryl methyl sites for hydroxylation is 1. The third-order valence-corrected chi connectivity index (χ3v) is 4.52. The first-order chi connectivity index (χ1) is 11.7. The Kier molecular flexibility index (Phi) is 5.25. The highest BCUT2D eigenvalue weighted by Gasteiger charge is 2.25. The van der Waals surface area contributed by atoms with Crippen LogP contribution in [-0.4, -0.2) is 45.3 Å². The minimum Gasteiger partial charge on any atom is -0.421 e. The number of aliphatic hydroxyl groups excluding tert-OH is 1. The fourth-order valence-corrected chi connectivity index (χ4v) is 3.28. The van der Waals surface area contributed by atoms with Crippen molar-refractivity contribution >= 4 is 5.91 Å². The van der Waals surface area contributed by atoms with Gasteiger partial charge < -0.3 is 14.4 Å². The first-order valence-corrected chi connectivity index (χ1v) is 8.51. The molecule has 0 spiro atoms. The second-order valence-corrected chi connectivity index (χ2v) is 6.22. The molecule has 6 nitrogen and oxygen atoms in total. The summed E-state index contributed by atoms with van der Waals surface area (Å²) in [6, 6.07) is 7.43. The fraction of sp³-hybridized carbons (Fsp3) is 0.500. The molecular weight excluding hydrogens is 306 g/mol. The Morgan fingerprint density at radius 2 is 1.92 bits per heavy atom. The molecule has 0 atom stereocenters. The molecule has 3 rings (SSSR count). The maximum Gasteiger partial charge on any atom is 0.254 e. The van der Waals surface area contributed by atoms with Crippen molar-refractivity contribution < 1.29 is 14.3 Å². The zero-order valence-corrected chi connectivity index (χ0v) is 13.9. The van der Waals surface area contributed by atoms with Crippen LogP contribution in [0.4, 0.5) is 0 Å². The molecule has 1 heterocycles. The van der Waals surface area contributed by atoms with E-state index in [0.717, 1.165) is 31.2 Å². The lowest BCUT2D eigenvalue weighted by Crippen LogP contribution is -2.43. The van der Waals surface area contributed by atoms with Crippen LogP contribution in [0.2, 0.25) is 0 Å². The fourth-order valence-electron chi connectivity index (χ4n) is 3.28. The van der Waals surface area contributed by atoms with Gasteiger partial charge in [-0.15, -0.1) is 10.2 Å². The molecule has 1 aromatic carbocycles. The zero-order chi connectivity index (χ0) is 16.9. The third-order valence-electron chi connectivity index (χ3n) is 4.52. The van der Waals surface area contributed by atoms with E-state index >= 15 is 0 Å². The lowest BCUT2D eigenvalue weighted by Gasteiger charge is -2.34. The van der Waals surface area contributed by atoms with Gasteiger partial charge in [0, 0.05) is 30.6 Å². The Bertz CT molecular complexity index is 675. The van der Waals surface area contributed by atoms with Crippen LogP contribution in [-0.2, 0) is 0 Å². The average molecular weight is 329 g/mol. The van der Waals surface area contributed by atoms with Gasteiger partial charge in [-0.05, 0) is 37.1 Å². The predicted molar refractivity (Wildman–Crippen MR) is 89.5 cm³/mol. The van der Waals surface area contributed by atoms with Crippen LogP contribution in [0.1, 0.15) is 48.4 Å². The quantitative estimate of drug-likeness (QED) is 0.912. The van der Waals surface area contributed by atoms with Crippen molar-refractivity contribution in [2.45, 2.75) is 45.1 Å². The molecular formula is C18H23N3O3. The van der Waals surface area contributed by atoms with E-state index < -0.39 is 0 Å². The Labute approximate surface area is 141 Å². The number of carbonyl (C=O) groups is 1. The van der Waals surface area contributed by atoms with E-state index in [9.17, 15) is 9.90 Å². The van der Waals surface area contributed by atoms with Crippen molar-refractivity contribution in [2.75, 3.05) is 13.2 Å². The van der Waals surface area contributed by atoms with Gasteiger partial charge in [0.1, 0.15) is 0 Å². The third kappa shape index (κ3) is 3.64. The molecule has 1 aromatic heterocycles. The summed E-state index contributed by atoms with van der Waals surface area (Å²) in [5.41, 5.74) is 1.41. The molecule has 6 heteroatoms. The smallest absolute Gasteiger partial charge is 0.254 e. The molecule has 128 valence electrons. The van der Waals surface area contributed by atoms with Gasteiger partial charge in [-0.3, -0.25) is 4.79 Å². The number of amides is 1. The van der Waals surface area contributed by atoms with Gasteiger partial charge in [0.25, 0.3) is 5.91 Å². The number of nitrogens with zero attached hydrogens (tertiary/aromatic N) is 3. The average Bonchev–Trinajstić information content (AvgIpc) is 3.06. The minimum absolute atomic E-state index is 0.0123. The van der Waals surface area contributed by atoms with Crippen molar-refractivity contribution in [1.82, 2.24) is 15.1 Å². The maximum absolute atomic E-state index is 12.8. The number of hydrogen-bond acceptors (Lipinski definition) is 5. The highest BCUT2D eigenvalue weighted by atomic mass is 16.4. The SMILES string of the molecule is Cc1nnc(-c2ccc(C(=O)N(CCO)C3CCCCC3)cc2)o1. The Morgan fingerprint density at radius 1 is 1.21 bits per heavy atom. The second kappa shape index (κ2) is 7.57. The van der Waals surface area contributed by atoms with Crippen LogP contribution in [0.25, 0.3) is 11.5 Å². The van der Waals surface area contributed by atoms with E-state index in [4.69, 9.17) is 4.42 Å². The second-order valence-electron chi connectivity index (χ2n) is 6.22. The molecule has 0 unspecified atom stereocenters. The van der Waals surface area contributed by atoms with E-state index in [-0.39, 0.29) is 18.6 Å². The minimum atomic E-state index is -0.0239. The van der Waals surface area contributed by atoms with Crippen molar-refractivity contribution in [1.29, 1.82) is 0 Å². The zero-order valence-electron chi connectivity index (χ0n) is 13.9. The number of aromatic nitrogens is 2.